The number of thiophene rings is 1. The van der Waals surface area contributed by atoms with Crippen molar-refractivity contribution >= 4 is 27.3 Å². The number of ether oxygens (including phenoxy) is 1. The van der Waals surface area contributed by atoms with Gasteiger partial charge < -0.3 is 10.1 Å². The standard InChI is InChI=1S/C16H20BrNOS/c1-4-7-18-16(15-6-5-8-20-15)12-10-13(17)11(2)9-14(12)19-3/h5-6,8-10,16,18H,4,7H2,1-3H3. The molecule has 1 heterocycles. The molecule has 1 aromatic carbocycles. The number of halogens is 1. The van der Waals surface area contributed by atoms with Gasteiger partial charge in [0, 0.05) is 14.9 Å². The maximum absolute atomic E-state index is 5.58. The fourth-order valence-corrected chi connectivity index (χ4v) is 3.36. The monoisotopic (exact) mass is 353 g/mol. The third-order valence-electron chi connectivity index (χ3n) is 3.25. The average Bonchev–Trinajstić information content (AvgIpc) is 2.96. The molecule has 1 aromatic heterocycles. The first-order chi connectivity index (χ1) is 9.67. The molecule has 0 spiro atoms. The molecule has 0 saturated carbocycles. The molecule has 0 aliphatic carbocycles. The topological polar surface area (TPSA) is 21.3 Å². The minimum Gasteiger partial charge on any atom is -0.496 e. The Labute approximate surface area is 133 Å². The predicted octanol–water partition coefficient (Wildman–Crippen LogP) is 4.92. The van der Waals surface area contributed by atoms with Gasteiger partial charge in [0.1, 0.15) is 5.75 Å². The van der Waals surface area contributed by atoms with E-state index in [1.165, 1.54) is 16.0 Å². The van der Waals surface area contributed by atoms with E-state index in [1.807, 2.05) is 0 Å². The molecule has 1 N–H and O–H groups in total. The van der Waals surface area contributed by atoms with Crippen molar-refractivity contribution in [3.63, 3.8) is 0 Å². The molecular formula is C16H20BrNOS. The summed E-state index contributed by atoms with van der Waals surface area (Å²) < 4.78 is 6.70. The van der Waals surface area contributed by atoms with Crippen molar-refractivity contribution in [2.75, 3.05) is 13.7 Å². The Morgan fingerprint density at radius 2 is 2.20 bits per heavy atom. The van der Waals surface area contributed by atoms with Crippen LogP contribution in [0.5, 0.6) is 5.75 Å². The Kier molecular flexibility index (Phi) is 5.64. The largest absolute Gasteiger partial charge is 0.496 e. The first-order valence-electron chi connectivity index (χ1n) is 6.78. The normalized spacial score (nSPS) is 12.4. The molecule has 0 bridgehead atoms. The molecule has 0 amide bonds. The fourth-order valence-electron chi connectivity index (χ4n) is 2.18. The summed E-state index contributed by atoms with van der Waals surface area (Å²) >= 11 is 5.40. The molecule has 108 valence electrons. The molecule has 1 unspecified atom stereocenters. The molecule has 0 aliphatic rings. The van der Waals surface area contributed by atoms with Crippen LogP contribution in [-0.4, -0.2) is 13.7 Å². The molecule has 4 heteroatoms. The van der Waals surface area contributed by atoms with E-state index in [2.05, 4.69) is 64.7 Å². The second-order valence-electron chi connectivity index (χ2n) is 4.75. The summed E-state index contributed by atoms with van der Waals surface area (Å²) in [6, 6.07) is 8.71. The predicted molar refractivity (Wildman–Crippen MR) is 89.9 cm³/mol. The summed E-state index contributed by atoms with van der Waals surface area (Å²) in [6.07, 6.45) is 1.11. The van der Waals surface area contributed by atoms with Crippen molar-refractivity contribution in [2.45, 2.75) is 26.3 Å². The first-order valence-corrected chi connectivity index (χ1v) is 8.45. The molecule has 0 saturated heterocycles. The lowest BCUT2D eigenvalue weighted by Gasteiger charge is -2.21. The summed E-state index contributed by atoms with van der Waals surface area (Å²) in [5.74, 6) is 0.938. The Balaban J connectivity index is 2.45. The Bertz CT molecular complexity index is 554. The molecule has 20 heavy (non-hydrogen) atoms. The minimum atomic E-state index is 0.182. The van der Waals surface area contributed by atoms with Gasteiger partial charge >= 0.3 is 0 Å². The van der Waals surface area contributed by atoms with E-state index >= 15 is 0 Å². The van der Waals surface area contributed by atoms with E-state index < -0.39 is 0 Å². The van der Waals surface area contributed by atoms with Crippen molar-refractivity contribution in [1.82, 2.24) is 5.32 Å². The highest BCUT2D eigenvalue weighted by Crippen LogP contribution is 2.35. The van der Waals surface area contributed by atoms with Gasteiger partial charge in [0.05, 0.1) is 13.2 Å². The Morgan fingerprint density at radius 1 is 1.40 bits per heavy atom. The van der Waals surface area contributed by atoms with Gasteiger partial charge in [0.15, 0.2) is 0 Å². The highest BCUT2D eigenvalue weighted by Gasteiger charge is 2.19. The number of benzene rings is 1. The maximum Gasteiger partial charge on any atom is 0.124 e. The Hall–Kier alpha value is -0.840. The van der Waals surface area contributed by atoms with Crippen LogP contribution in [0, 0.1) is 6.92 Å². The van der Waals surface area contributed by atoms with E-state index in [0.717, 1.165) is 23.2 Å². The van der Waals surface area contributed by atoms with Crippen LogP contribution in [0.25, 0.3) is 0 Å². The second kappa shape index (κ2) is 7.25. The van der Waals surface area contributed by atoms with Crippen LogP contribution in [0.4, 0.5) is 0 Å². The van der Waals surface area contributed by atoms with E-state index in [0.29, 0.717) is 0 Å². The van der Waals surface area contributed by atoms with Gasteiger partial charge in [-0.3, -0.25) is 0 Å². The highest BCUT2D eigenvalue weighted by molar-refractivity contribution is 9.10. The highest BCUT2D eigenvalue weighted by atomic mass is 79.9. The van der Waals surface area contributed by atoms with Crippen molar-refractivity contribution in [3.8, 4) is 5.75 Å². The first kappa shape index (κ1) is 15.5. The minimum absolute atomic E-state index is 0.182. The van der Waals surface area contributed by atoms with Crippen LogP contribution in [0.2, 0.25) is 0 Å². The van der Waals surface area contributed by atoms with Gasteiger partial charge in [-0.2, -0.15) is 0 Å². The van der Waals surface area contributed by atoms with Gasteiger partial charge in [0.2, 0.25) is 0 Å². The SMILES string of the molecule is CCCNC(c1cccs1)c1cc(Br)c(C)cc1OC. The molecule has 2 nitrogen and oxygen atoms in total. The van der Waals surface area contributed by atoms with Crippen molar-refractivity contribution in [3.05, 3.63) is 50.1 Å². The zero-order chi connectivity index (χ0) is 14.5. The van der Waals surface area contributed by atoms with Crippen molar-refractivity contribution < 1.29 is 4.74 Å². The van der Waals surface area contributed by atoms with Crippen LogP contribution >= 0.6 is 27.3 Å². The number of hydrogen-bond acceptors (Lipinski definition) is 3. The third-order valence-corrected chi connectivity index (χ3v) is 5.04. The summed E-state index contributed by atoms with van der Waals surface area (Å²) in [5.41, 5.74) is 2.37. The van der Waals surface area contributed by atoms with Gasteiger partial charge in [-0.05, 0) is 49.0 Å². The fraction of sp³-hybridized carbons (Fsp3) is 0.375. The van der Waals surface area contributed by atoms with Crippen molar-refractivity contribution in [2.24, 2.45) is 0 Å². The van der Waals surface area contributed by atoms with Crippen LogP contribution in [0.1, 0.15) is 35.4 Å². The summed E-state index contributed by atoms with van der Waals surface area (Å²) in [6.45, 7) is 5.24. The van der Waals surface area contributed by atoms with Crippen molar-refractivity contribution in [1.29, 1.82) is 0 Å². The third kappa shape index (κ3) is 3.43. The molecule has 0 fully saturated rings. The van der Waals surface area contributed by atoms with Gasteiger partial charge in [0.25, 0.3) is 0 Å². The molecule has 0 aliphatic heterocycles. The molecule has 2 rings (SSSR count). The zero-order valence-electron chi connectivity index (χ0n) is 12.1. The van der Waals surface area contributed by atoms with E-state index in [-0.39, 0.29) is 6.04 Å². The summed E-state index contributed by atoms with van der Waals surface area (Å²) in [4.78, 5) is 1.31. The van der Waals surface area contributed by atoms with Crippen LogP contribution in [0.15, 0.2) is 34.1 Å². The molecular weight excluding hydrogens is 334 g/mol. The lowest BCUT2D eigenvalue weighted by Crippen LogP contribution is -2.23. The van der Waals surface area contributed by atoms with E-state index in [1.54, 1.807) is 18.4 Å². The van der Waals surface area contributed by atoms with Gasteiger partial charge in [-0.15, -0.1) is 11.3 Å². The average molecular weight is 354 g/mol. The summed E-state index contributed by atoms with van der Waals surface area (Å²) in [5, 5.41) is 5.74. The zero-order valence-corrected chi connectivity index (χ0v) is 14.5. The molecule has 1 atom stereocenters. The van der Waals surface area contributed by atoms with Crippen LogP contribution in [-0.2, 0) is 0 Å². The lowest BCUT2D eigenvalue weighted by atomic mass is 10.0. The smallest absolute Gasteiger partial charge is 0.124 e. The van der Waals surface area contributed by atoms with E-state index in [4.69, 9.17) is 4.74 Å². The molecule has 2 aromatic rings. The number of aryl methyl sites for hydroxylation is 1. The van der Waals surface area contributed by atoms with Crippen LogP contribution in [0.3, 0.4) is 0 Å². The number of nitrogens with one attached hydrogen (secondary N) is 1. The van der Waals surface area contributed by atoms with Crippen LogP contribution < -0.4 is 10.1 Å². The lowest BCUT2D eigenvalue weighted by molar-refractivity contribution is 0.403. The second-order valence-corrected chi connectivity index (χ2v) is 6.58. The van der Waals surface area contributed by atoms with Gasteiger partial charge in [-0.25, -0.2) is 0 Å². The number of hydrogen-bond donors (Lipinski definition) is 1. The Morgan fingerprint density at radius 3 is 2.80 bits per heavy atom. The maximum atomic E-state index is 5.58. The molecule has 0 radical (unpaired) electrons. The van der Waals surface area contributed by atoms with E-state index in [9.17, 15) is 0 Å². The quantitative estimate of drug-likeness (QED) is 0.795. The number of methoxy groups -OCH3 is 1. The van der Waals surface area contributed by atoms with Gasteiger partial charge in [-0.1, -0.05) is 28.9 Å². The number of rotatable bonds is 6. The summed E-state index contributed by atoms with van der Waals surface area (Å²) in [7, 11) is 1.73.